The number of nitrogens with zero attached hydrogens (tertiary/aromatic N) is 7. The van der Waals surface area contributed by atoms with Crippen LogP contribution in [-0.2, 0) is 4.74 Å². The van der Waals surface area contributed by atoms with Gasteiger partial charge in [0.05, 0.1) is 17.0 Å². The van der Waals surface area contributed by atoms with Crippen molar-refractivity contribution in [1.82, 2.24) is 24.4 Å². The first-order chi connectivity index (χ1) is 18.2. The molecule has 5 rings (SSSR count). The summed E-state index contributed by atoms with van der Waals surface area (Å²) in [6, 6.07) is 11.8. The Kier molecular flexibility index (Phi) is 6.45. The molecule has 3 aromatic heterocycles. The van der Waals surface area contributed by atoms with E-state index < -0.39 is 5.60 Å². The Morgan fingerprint density at radius 1 is 1.13 bits per heavy atom. The zero-order chi connectivity index (χ0) is 27.0. The van der Waals surface area contributed by atoms with Crippen LogP contribution in [0.5, 0.6) is 0 Å². The number of nitriles is 1. The van der Waals surface area contributed by atoms with Gasteiger partial charge in [0.2, 0.25) is 0 Å². The molecule has 0 saturated carbocycles. The minimum absolute atomic E-state index is 0.142. The van der Waals surface area contributed by atoms with E-state index in [0.717, 1.165) is 0 Å². The van der Waals surface area contributed by atoms with Gasteiger partial charge in [0.15, 0.2) is 5.65 Å². The quantitative estimate of drug-likeness (QED) is 0.383. The predicted molar refractivity (Wildman–Crippen MR) is 141 cm³/mol. The number of amides is 1. The highest BCUT2D eigenvalue weighted by molar-refractivity contribution is 6.02. The standard InChI is InChI=1S/C28H28FN7O2/c1-18-15-34(11-12-35(18)27(37)38-28(2,3)4)25-24-21(20-7-5-6-8-22(20)29)16-36(26(24)33-17-32-25)23-13-19(14-30)9-10-31-23/h5-10,13,16-18H,11-12,15H2,1-4H3/t18-/m1/s1. The van der Waals surface area contributed by atoms with E-state index in [1.807, 2.05) is 27.7 Å². The topological polar surface area (TPSA) is 100 Å². The summed E-state index contributed by atoms with van der Waals surface area (Å²) in [7, 11) is 0. The van der Waals surface area contributed by atoms with Crippen LogP contribution >= 0.6 is 0 Å². The molecule has 0 unspecified atom stereocenters. The highest BCUT2D eigenvalue weighted by atomic mass is 19.1. The fraction of sp³-hybridized carbons (Fsp3) is 0.321. The number of ether oxygens (including phenoxy) is 1. The molecule has 38 heavy (non-hydrogen) atoms. The fourth-order valence-electron chi connectivity index (χ4n) is 4.71. The van der Waals surface area contributed by atoms with Gasteiger partial charge in [0, 0.05) is 49.2 Å². The molecule has 9 nitrogen and oxygen atoms in total. The van der Waals surface area contributed by atoms with Crippen molar-refractivity contribution in [3.05, 3.63) is 66.5 Å². The number of benzene rings is 1. The van der Waals surface area contributed by atoms with Crippen LogP contribution in [0.25, 0.3) is 28.0 Å². The van der Waals surface area contributed by atoms with Crippen molar-refractivity contribution in [2.24, 2.45) is 0 Å². The highest BCUT2D eigenvalue weighted by Gasteiger charge is 2.33. The molecule has 1 atom stereocenters. The van der Waals surface area contributed by atoms with Gasteiger partial charge in [-0.2, -0.15) is 5.26 Å². The van der Waals surface area contributed by atoms with E-state index in [1.165, 1.54) is 12.4 Å². The van der Waals surface area contributed by atoms with Gasteiger partial charge in [-0.3, -0.25) is 4.57 Å². The van der Waals surface area contributed by atoms with E-state index >= 15 is 4.39 Å². The van der Waals surface area contributed by atoms with E-state index in [9.17, 15) is 10.1 Å². The number of piperazine rings is 1. The third kappa shape index (κ3) is 4.75. The summed E-state index contributed by atoms with van der Waals surface area (Å²) < 4.78 is 22.4. The second kappa shape index (κ2) is 9.74. The summed E-state index contributed by atoms with van der Waals surface area (Å²) in [6.07, 6.45) is 4.46. The van der Waals surface area contributed by atoms with Gasteiger partial charge >= 0.3 is 6.09 Å². The minimum Gasteiger partial charge on any atom is -0.444 e. The number of pyridine rings is 1. The van der Waals surface area contributed by atoms with Crippen LogP contribution in [0.1, 0.15) is 33.3 Å². The van der Waals surface area contributed by atoms with Gasteiger partial charge in [-0.15, -0.1) is 0 Å². The average molecular weight is 514 g/mol. The Hall–Kier alpha value is -4.52. The first kappa shape index (κ1) is 25.1. The van der Waals surface area contributed by atoms with Gasteiger partial charge in [-0.05, 0) is 45.9 Å². The van der Waals surface area contributed by atoms with Crippen molar-refractivity contribution in [3.63, 3.8) is 0 Å². The van der Waals surface area contributed by atoms with Gasteiger partial charge in [0.25, 0.3) is 0 Å². The number of carbonyl (C=O) groups is 1. The monoisotopic (exact) mass is 513 g/mol. The van der Waals surface area contributed by atoms with E-state index in [1.54, 1.807) is 52.2 Å². The fourth-order valence-corrected chi connectivity index (χ4v) is 4.71. The maximum atomic E-state index is 15.1. The van der Waals surface area contributed by atoms with Gasteiger partial charge < -0.3 is 14.5 Å². The smallest absolute Gasteiger partial charge is 0.410 e. The second-order valence-electron chi connectivity index (χ2n) is 10.3. The third-order valence-electron chi connectivity index (χ3n) is 6.40. The number of rotatable bonds is 3. The lowest BCUT2D eigenvalue weighted by Gasteiger charge is -2.40. The molecule has 0 bridgehead atoms. The Labute approximate surface area is 220 Å². The molecular formula is C28H28FN7O2. The molecule has 4 heterocycles. The number of fused-ring (bicyclic) bond motifs is 1. The van der Waals surface area contributed by atoms with Crippen LogP contribution in [0.2, 0.25) is 0 Å². The lowest BCUT2D eigenvalue weighted by atomic mass is 10.0. The molecule has 1 fully saturated rings. The SMILES string of the molecule is C[C@@H]1CN(c2ncnc3c2c(-c2ccccc2F)cn3-c2cc(C#N)ccn2)CCN1C(=O)OC(C)(C)C. The first-order valence-corrected chi connectivity index (χ1v) is 12.4. The maximum Gasteiger partial charge on any atom is 0.410 e. The zero-order valence-corrected chi connectivity index (χ0v) is 21.7. The summed E-state index contributed by atoms with van der Waals surface area (Å²) in [5.41, 5.74) is 1.43. The van der Waals surface area contributed by atoms with Crippen LogP contribution in [0.15, 0.2) is 55.1 Å². The number of halogens is 1. The molecule has 1 amide bonds. The molecule has 10 heteroatoms. The van der Waals surface area contributed by atoms with Crippen molar-refractivity contribution in [3.8, 4) is 23.0 Å². The largest absolute Gasteiger partial charge is 0.444 e. The summed E-state index contributed by atoms with van der Waals surface area (Å²) in [5.74, 6) is 0.756. The lowest BCUT2D eigenvalue weighted by Crippen LogP contribution is -2.55. The lowest BCUT2D eigenvalue weighted by molar-refractivity contribution is 0.0159. The normalized spacial score (nSPS) is 15.9. The number of anilines is 1. The van der Waals surface area contributed by atoms with Crippen molar-refractivity contribution >= 4 is 22.9 Å². The van der Waals surface area contributed by atoms with Gasteiger partial charge in [0.1, 0.15) is 29.4 Å². The van der Waals surface area contributed by atoms with Crippen molar-refractivity contribution in [2.45, 2.75) is 39.3 Å². The molecule has 1 aliphatic rings. The average Bonchev–Trinajstić information content (AvgIpc) is 3.27. The van der Waals surface area contributed by atoms with Gasteiger partial charge in [-0.25, -0.2) is 24.1 Å². The second-order valence-corrected chi connectivity index (χ2v) is 10.3. The number of aromatic nitrogens is 4. The molecular weight excluding hydrogens is 485 g/mol. The number of carbonyl (C=O) groups excluding carboxylic acids is 1. The summed E-state index contributed by atoms with van der Waals surface area (Å²) in [4.78, 5) is 30.2. The molecule has 0 radical (unpaired) electrons. The first-order valence-electron chi connectivity index (χ1n) is 12.4. The van der Waals surface area contributed by atoms with Crippen molar-refractivity contribution in [1.29, 1.82) is 5.26 Å². The van der Waals surface area contributed by atoms with Crippen molar-refractivity contribution < 1.29 is 13.9 Å². The summed E-state index contributed by atoms with van der Waals surface area (Å²) in [5, 5.41) is 10.1. The zero-order valence-electron chi connectivity index (χ0n) is 21.7. The molecule has 0 N–H and O–H groups in total. The van der Waals surface area contributed by atoms with Crippen LogP contribution in [0.4, 0.5) is 15.0 Å². The van der Waals surface area contributed by atoms with Crippen molar-refractivity contribution in [2.75, 3.05) is 24.5 Å². The predicted octanol–water partition coefficient (Wildman–Crippen LogP) is 4.94. The molecule has 1 aromatic carbocycles. The van der Waals surface area contributed by atoms with E-state index in [-0.39, 0.29) is 18.0 Å². The summed E-state index contributed by atoms with van der Waals surface area (Å²) in [6.45, 7) is 8.98. The Morgan fingerprint density at radius 2 is 1.92 bits per heavy atom. The van der Waals surface area contributed by atoms with Crippen LogP contribution < -0.4 is 4.90 Å². The van der Waals surface area contributed by atoms with Crippen LogP contribution in [0.3, 0.4) is 0 Å². The minimum atomic E-state index is -0.582. The Balaban J connectivity index is 1.61. The number of hydrogen-bond donors (Lipinski definition) is 0. The third-order valence-corrected chi connectivity index (χ3v) is 6.40. The molecule has 1 aliphatic heterocycles. The summed E-state index contributed by atoms with van der Waals surface area (Å²) >= 11 is 0. The molecule has 194 valence electrons. The van der Waals surface area contributed by atoms with E-state index in [0.29, 0.717) is 59.0 Å². The number of hydrogen-bond acceptors (Lipinski definition) is 7. The molecule has 0 spiro atoms. The van der Waals surface area contributed by atoms with Gasteiger partial charge in [-0.1, -0.05) is 18.2 Å². The Bertz CT molecular complexity index is 1550. The van der Waals surface area contributed by atoms with Crippen LogP contribution in [0, 0.1) is 17.1 Å². The Morgan fingerprint density at radius 3 is 2.63 bits per heavy atom. The molecule has 4 aromatic rings. The highest BCUT2D eigenvalue weighted by Crippen LogP contribution is 2.38. The molecule has 1 saturated heterocycles. The maximum absolute atomic E-state index is 15.1. The van der Waals surface area contributed by atoms with Crippen LogP contribution in [-0.4, -0.2) is 61.8 Å². The molecule has 0 aliphatic carbocycles. The van der Waals surface area contributed by atoms with E-state index in [2.05, 4.69) is 25.9 Å². The van der Waals surface area contributed by atoms with E-state index in [4.69, 9.17) is 4.74 Å².